The number of amides is 2. The summed E-state index contributed by atoms with van der Waals surface area (Å²) >= 11 is 0. The van der Waals surface area contributed by atoms with E-state index in [9.17, 15) is 4.79 Å². The minimum atomic E-state index is 0.0780. The Morgan fingerprint density at radius 1 is 1.38 bits per heavy atom. The SMILES string of the molecule is CCN(CC(C)C)C(=O)NCC1CCCc2ccccc21. The van der Waals surface area contributed by atoms with Crippen LogP contribution < -0.4 is 5.32 Å². The van der Waals surface area contributed by atoms with Gasteiger partial charge in [-0.1, -0.05) is 38.1 Å². The molecule has 116 valence electrons. The summed E-state index contributed by atoms with van der Waals surface area (Å²) in [4.78, 5) is 14.2. The van der Waals surface area contributed by atoms with Gasteiger partial charge in [-0.2, -0.15) is 0 Å². The van der Waals surface area contributed by atoms with E-state index in [-0.39, 0.29) is 6.03 Å². The highest BCUT2D eigenvalue weighted by molar-refractivity contribution is 5.74. The molecule has 0 saturated heterocycles. The van der Waals surface area contributed by atoms with Crippen molar-refractivity contribution in [1.29, 1.82) is 0 Å². The number of hydrogen-bond acceptors (Lipinski definition) is 1. The fourth-order valence-electron chi connectivity index (χ4n) is 3.19. The number of hydrogen-bond donors (Lipinski definition) is 1. The summed E-state index contributed by atoms with van der Waals surface area (Å²) in [6, 6.07) is 8.74. The molecule has 0 fully saturated rings. The topological polar surface area (TPSA) is 32.3 Å². The van der Waals surface area contributed by atoms with Gasteiger partial charge < -0.3 is 10.2 Å². The second-order valence-electron chi connectivity index (χ2n) is 6.41. The van der Waals surface area contributed by atoms with Crippen LogP contribution in [0.2, 0.25) is 0 Å². The van der Waals surface area contributed by atoms with E-state index >= 15 is 0 Å². The van der Waals surface area contributed by atoms with Gasteiger partial charge in [0.05, 0.1) is 0 Å². The number of carbonyl (C=O) groups is 1. The minimum absolute atomic E-state index is 0.0780. The highest BCUT2D eigenvalue weighted by atomic mass is 16.2. The minimum Gasteiger partial charge on any atom is -0.337 e. The Bertz CT molecular complexity index is 470. The molecule has 2 amide bonds. The largest absolute Gasteiger partial charge is 0.337 e. The molecule has 0 aromatic heterocycles. The van der Waals surface area contributed by atoms with Crippen molar-refractivity contribution in [2.45, 2.75) is 46.0 Å². The quantitative estimate of drug-likeness (QED) is 0.878. The monoisotopic (exact) mass is 288 g/mol. The van der Waals surface area contributed by atoms with Crippen molar-refractivity contribution in [2.24, 2.45) is 5.92 Å². The van der Waals surface area contributed by atoms with Crippen LogP contribution in [-0.2, 0) is 6.42 Å². The first-order valence-corrected chi connectivity index (χ1v) is 8.22. The number of rotatable bonds is 5. The van der Waals surface area contributed by atoms with Crippen LogP contribution >= 0.6 is 0 Å². The normalized spacial score (nSPS) is 17.4. The Balaban J connectivity index is 1.93. The molecule has 0 radical (unpaired) electrons. The van der Waals surface area contributed by atoms with Gasteiger partial charge in [0, 0.05) is 25.6 Å². The van der Waals surface area contributed by atoms with Crippen LogP contribution in [0.3, 0.4) is 0 Å². The highest BCUT2D eigenvalue weighted by Gasteiger charge is 2.21. The van der Waals surface area contributed by atoms with Crippen molar-refractivity contribution < 1.29 is 4.79 Å². The molecule has 3 heteroatoms. The summed E-state index contributed by atoms with van der Waals surface area (Å²) in [6.45, 7) is 8.68. The number of urea groups is 1. The lowest BCUT2D eigenvalue weighted by molar-refractivity contribution is 0.193. The molecule has 1 aliphatic carbocycles. The van der Waals surface area contributed by atoms with Crippen LogP contribution in [0.15, 0.2) is 24.3 Å². The van der Waals surface area contributed by atoms with Gasteiger partial charge in [0.15, 0.2) is 0 Å². The predicted molar refractivity (Wildman–Crippen MR) is 87.6 cm³/mol. The number of benzene rings is 1. The lowest BCUT2D eigenvalue weighted by Crippen LogP contribution is -2.43. The summed E-state index contributed by atoms with van der Waals surface area (Å²) in [6.07, 6.45) is 3.57. The second-order valence-corrected chi connectivity index (χ2v) is 6.41. The van der Waals surface area contributed by atoms with Gasteiger partial charge in [-0.05, 0) is 43.2 Å². The van der Waals surface area contributed by atoms with Crippen molar-refractivity contribution in [3.8, 4) is 0 Å². The van der Waals surface area contributed by atoms with Crippen LogP contribution in [0.5, 0.6) is 0 Å². The number of nitrogens with one attached hydrogen (secondary N) is 1. The lowest BCUT2D eigenvalue weighted by Gasteiger charge is -2.28. The number of carbonyl (C=O) groups excluding carboxylic acids is 1. The first-order chi connectivity index (χ1) is 10.1. The Kier molecular flexibility index (Phi) is 5.66. The molecule has 0 aliphatic heterocycles. The Hall–Kier alpha value is -1.51. The molecule has 0 saturated carbocycles. The summed E-state index contributed by atoms with van der Waals surface area (Å²) in [7, 11) is 0. The van der Waals surface area contributed by atoms with Crippen LogP contribution in [0.25, 0.3) is 0 Å². The molecule has 1 aromatic carbocycles. The van der Waals surface area contributed by atoms with E-state index in [1.54, 1.807) is 0 Å². The molecule has 1 N–H and O–H groups in total. The molecular formula is C18H28N2O. The third kappa shape index (κ3) is 4.23. The van der Waals surface area contributed by atoms with Crippen molar-refractivity contribution in [3.05, 3.63) is 35.4 Å². The summed E-state index contributed by atoms with van der Waals surface area (Å²) < 4.78 is 0. The van der Waals surface area contributed by atoms with E-state index in [1.807, 2.05) is 11.8 Å². The number of fused-ring (bicyclic) bond motifs is 1. The van der Waals surface area contributed by atoms with Crippen LogP contribution in [0, 0.1) is 5.92 Å². The first-order valence-electron chi connectivity index (χ1n) is 8.22. The fourth-order valence-corrected chi connectivity index (χ4v) is 3.19. The molecule has 1 atom stereocenters. The van der Waals surface area contributed by atoms with Gasteiger partial charge in [-0.3, -0.25) is 0 Å². The Labute approximate surface area is 128 Å². The summed E-state index contributed by atoms with van der Waals surface area (Å²) in [5.41, 5.74) is 2.88. The summed E-state index contributed by atoms with van der Waals surface area (Å²) in [5, 5.41) is 3.14. The van der Waals surface area contributed by atoms with Gasteiger partial charge >= 0.3 is 6.03 Å². The van der Waals surface area contributed by atoms with Crippen molar-refractivity contribution in [2.75, 3.05) is 19.6 Å². The van der Waals surface area contributed by atoms with Gasteiger partial charge in [-0.15, -0.1) is 0 Å². The van der Waals surface area contributed by atoms with E-state index in [0.717, 1.165) is 19.6 Å². The average Bonchev–Trinajstić information content (AvgIpc) is 2.50. The van der Waals surface area contributed by atoms with Crippen molar-refractivity contribution in [1.82, 2.24) is 10.2 Å². The van der Waals surface area contributed by atoms with Crippen molar-refractivity contribution >= 4 is 6.03 Å². The van der Waals surface area contributed by atoms with Gasteiger partial charge in [0.25, 0.3) is 0 Å². The number of nitrogens with zero attached hydrogens (tertiary/aromatic N) is 1. The molecule has 21 heavy (non-hydrogen) atoms. The van der Waals surface area contributed by atoms with Crippen LogP contribution in [-0.4, -0.2) is 30.6 Å². The zero-order valence-corrected chi connectivity index (χ0v) is 13.6. The maximum Gasteiger partial charge on any atom is 0.317 e. The third-order valence-corrected chi connectivity index (χ3v) is 4.25. The van der Waals surface area contributed by atoms with E-state index in [1.165, 1.54) is 30.4 Å². The van der Waals surface area contributed by atoms with E-state index in [0.29, 0.717) is 11.8 Å². The zero-order chi connectivity index (χ0) is 15.2. The zero-order valence-electron chi connectivity index (χ0n) is 13.6. The third-order valence-electron chi connectivity index (χ3n) is 4.25. The Morgan fingerprint density at radius 3 is 2.86 bits per heavy atom. The van der Waals surface area contributed by atoms with Crippen LogP contribution in [0.1, 0.15) is 50.7 Å². The van der Waals surface area contributed by atoms with Crippen LogP contribution in [0.4, 0.5) is 4.79 Å². The van der Waals surface area contributed by atoms with E-state index in [2.05, 4.69) is 43.4 Å². The number of aryl methyl sites for hydroxylation is 1. The maximum absolute atomic E-state index is 12.3. The van der Waals surface area contributed by atoms with Gasteiger partial charge in [-0.25, -0.2) is 4.79 Å². The standard InChI is InChI=1S/C18H28N2O/c1-4-20(13-14(2)3)18(21)19-12-16-10-7-9-15-8-5-6-11-17(15)16/h5-6,8,11,14,16H,4,7,9-10,12-13H2,1-3H3,(H,19,21). The molecule has 3 nitrogen and oxygen atoms in total. The molecular weight excluding hydrogens is 260 g/mol. The smallest absolute Gasteiger partial charge is 0.317 e. The fraction of sp³-hybridized carbons (Fsp3) is 0.611. The molecule has 0 bridgehead atoms. The molecule has 0 heterocycles. The second kappa shape index (κ2) is 7.48. The molecule has 1 aliphatic rings. The van der Waals surface area contributed by atoms with Gasteiger partial charge in [0.1, 0.15) is 0 Å². The summed E-state index contributed by atoms with van der Waals surface area (Å²) in [5.74, 6) is 0.975. The highest BCUT2D eigenvalue weighted by Crippen LogP contribution is 2.30. The van der Waals surface area contributed by atoms with E-state index < -0.39 is 0 Å². The van der Waals surface area contributed by atoms with Gasteiger partial charge in [0.2, 0.25) is 0 Å². The van der Waals surface area contributed by atoms with E-state index in [4.69, 9.17) is 0 Å². The maximum atomic E-state index is 12.3. The molecule has 1 unspecified atom stereocenters. The predicted octanol–water partition coefficient (Wildman–Crippen LogP) is 3.79. The molecule has 0 spiro atoms. The first kappa shape index (κ1) is 15.9. The molecule has 2 rings (SSSR count). The average molecular weight is 288 g/mol. The lowest BCUT2D eigenvalue weighted by atomic mass is 9.83. The Morgan fingerprint density at radius 2 is 2.14 bits per heavy atom. The van der Waals surface area contributed by atoms with Crippen molar-refractivity contribution in [3.63, 3.8) is 0 Å². The molecule has 1 aromatic rings.